The van der Waals surface area contributed by atoms with Gasteiger partial charge in [0, 0.05) is 16.8 Å². The highest BCUT2D eigenvalue weighted by molar-refractivity contribution is 7.93. The number of nitrogens with one attached hydrogen (secondary N) is 2. The molecule has 114 valence electrons. The third kappa shape index (κ3) is 3.61. The van der Waals surface area contributed by atoms with E-state index in [4.69, 9.17) is 28.9 Å². The highest BCUT2D eigenvalue weighted by atomic mass is 35.5. The quantitative estimate of drug-likeness (QED) is 0.722. The molecule has 2 aromatic rings. The molecule has 1 heterocycles. The van der Waals surface area contributed by atoms with Gasteiger partial charge in [-0.05, 0) is 18.6 Å². The van der Waals surface area contributed by atoms with Crippen LogP contribution in [0.4, 0.5) is 11.5 Å². The molecule has 1 aromatic heterocycles. The molecule has 0 atom stereocenters. The van der Waals surface area contributed by atoms with Crippen LogP contribution in [-0.4, -0.2) is 18.6 Å². The number of hydrogen-bond donors (Lipinski definition) is 3. The number of rotatable bonds is 5. The van der Waals surface area contributed by atoms with Gasteiger partial charge in [-0.25, -0.2) is 8.42 Å². The summed E-state index contributed by atoms with van der Waals surface area (Å²) in [5.74, 6) is 0.184. The van der Waals surface area contributed by atoms with Gasteiger partial charge in [0.2, 0.25) is 0 Å². The molecular weight excluding hydrogens is 335 g/mol. The third-order valence-corrected chi connectivity index (χ3v) is 4.79. The Kier molecular flexibility index (Phi) is 4.65. The Morgan fingerprint density at radius 2 is 2.05 bits per heavy atom. The molecule has 9 heteroatoms. The highest BCUT2D eigenvalue weighted by Gasteiger charge is 2.23. The highest BCUT2D eigenvalue weighted by Crippen LogP contribution is 2.32. The third-order valence-electron chi connectivity index (χ3n) is 2.70. The van der Waals surface area contributed by atoms with Gasteiger partial charge in [-0.2, -0.15) is 5.10 Å². The van der Waals surface area contributed by atoms with E-state index in [0.29, 0.717) is 0 Å². The number of nitrogen functional groups attached to an aromatic ring is 1. The smallest absolute Gasteiger partial charge is 0.266 e. The summed E-state index contributed by atoms with van der Waals surface area (Å²) in [4.78, 5) is -0.214. The van der Waals surface area contributed by atoms with Gasteiger partial charge < -0.3 is 5.73 Å². The summed E-state index contributed by atoms with van der Waals surface area (Å²) in [5.41, 5.74) is 6.51. The van der Waals surface area contributed by atoms with Gasteiger partial charge in [0.25, 0.3) is 10.0 Å². The molecule has 0 aliphatic rings. The summed E-state index contributed by atoms with van der Waals surface area (Å²) < 4.78 is 27.0. The lowest BCUT2D eigenvalue weighted by Crippen LogP contribution is -2.15. The van der Waals surface area contributed by atoms with Crippen LogP contribution in [-0.2, 0) is 16.4 Å². The lowest BCUT2D eigenvalue weighted by Gasteiger charge is -2.10. The van der Waals surface area contributed by atoms with Crippen molar-refractivity contribution in [2.75, 3.05) is 10.5 Å². The lowest BCUT2D eigenvalue weighted by atomic mass is 10.2. The molecule has 0 bridgehead atoms. The number of halogens is 2. The van der Waals surface area contributed by atoms with E-state index >= 15 is 0 Å². The number of aromatic amines is 1. The van der Waals surface area contributed by atoms with Crippen molar-refractivity contribution in [3.8, 4) is 0 Å². The Balaban J connectivity index is 2.34. The van der Waals surface area contributed by atoms with Gasteiger partial charge in [0.1, 0.15) is 4.90 Å². The first-order valence-electron chi connectivity index (χ1n) is 6.15. The van der Waals surface area contributed by atoms with E-state index in [1.54, 1.807) is 6.07 Å². The summed E-state index contributed by atoms with van der Waals surface area (Å²) in [6.45, 7) is 2.01. The number of nitrogens with two attached hydrogens (primary N) is 1. The molecule has 21 heavy (non-hydrogen) atoms. The van der Waals surface area contributed by atoms with Gasteiger partial charge in [0.15, 0.2) is 5.82 Å². The topological polar surface area (TPSA) is 101 Å². The van der Waals surface area contributed by atoms with Crippen molar-refractivity contribution in [3.05, 3.63) is 33.9 Å². The Labute approximate surface area is 132 Å². The summed E-state index contributed by atoms with van der Waals surface area (Å²) in [7, 11) is -3.94. The lowest BCUT2D eigenvalue weighted by molar-refractivity contribution is 0.601. The molecule has 0 amide bonds. The van der Waals surface area contributed by atoms with E-state index in [1.165, 1.54) is 12.1 Å². The summed E-state index contributed by atoms with van der Waals surface area (Å²) in [6, 6.07) is 4.28. The van der Waals surface area contributed by atoms with Crippen molar-refractivity contribution in [3.63, 3.8) is 0 Å². The maximum Gasteiger partial charge on any atom is 0.266 e. The minimum atomic E-state index is -3.94. The van der Waals surface area contributed by atoms with E-state index in [1.807, 2.05) is 6.92 Å². The molecule has 0 unspecified atom stereocenters. The minimum absolute atomic E-state index is 0.0238. The average molecular weight is 349 g/mol. The van der Waals surface area contributed by atoms with Gasteiger partial charge in [-0.1, -0.05) is 36.5 Å². The first-order chi connectivity index (χ1) is 9.83. The molecule has 0 saturated carbocycles. The Hall–Kier alpha value is -1.44. The van der Waals surface area contributed by atoms with Crippen molar-refractivity contribution < 1.29 is 8.42 Å². The van der Waals surface area contributed by atoms with Crippen molar-refractivity contribution in [1.82, 2.24) is 10.2 Å². The number of hydrogen-bond acceptors (Lipinski definition) is 4. The van der Waals surface area contributed by atoms with Crippen molar-refractivity contribution in [1.29, 1.82) is 0 Å². The van der Waals surface area contributed by atoms with Crippen molar-refractivity contribution >= 4 is 44.7 Å². The first-order valence-corrected chi connectivity index (χ1v) is 8.39. The molecule has 0 spiro atoms. The molecule has 0 saturated heterocycles. The second kappa shape index (κ2) is 6.13. The average Bonchev–Trinajstić information content (AvgIpc) is 2.74. The fourth-order valence-electron chi connectivity index (χ4n) is 1.86. The number of aryl methyl sites for hydroxylation is 1. The predicted octanol–water partition coefficient (Wildman–Crippen LogP) is 3.05. The van der Waals surface area contributed by atoms with Crippen LogP contribution in [0.25, 0.3) is 0 Å². The zero-order valence-electron chi connectivity index (χ0n) is 11.2. The second-order valence-corrected chi connectivity index (χ2v) is 6.90. The molecule has 6 nitrogen and oxygen atoms in total. The Bertz CT molecular complexity index is 735. The van der Waals surface area contributed by atoms with Crippen LogP contribution in [0.1, 0.15) is 19.0 Å². The van der Waals surface area contributed by atoms with E-state index in [2.05, 4.69) is 14.9 Å². The van der Waals surface area contributed by atoms with Crippen LogP contribution in [0.2, 0.25) is 10.0 Å². The van der Waals surface area contributed by atoms with Crippen molar-refractivity contribution in [2.45, 2.75) is 24.7 Å². The molecular formula is C12H14Cl2N4O2S. The molecule has 4 N–H and O–H groups in total. The van der Waals surface area contributed by atoms with Gasteiger partial charge in [0.05, 0.1) is 10.7 Å². The van der Waals surface area contributed by atoms with Gasteiger partial charge >= 0.3 is 0 Å². The SMILES string of the molecule is CCCc1cc(NS(=O)(=O)c2c(N)cc(Cl)cc2Cl)n[nH]1. The predicted molar refractivity (Wildman–Crippen MR) is 84.3 cm³/mol. The summed E-state index contributed by atoms with van der Waals surface area (Å²) in [5, 5.41) is 6.87. The minimum Gasteiger partial charge on any atom is -0.398 e. The van der Waals surface area contributed by atoms with Crippen LogP contribution in [0.5, 0.6) is 0 Å². The molecule has 0 radical (unpaired) electrons. The number of benzene rings is 1. The van der Waals surface area contributed by atoms with Gasteiger partial charge in [-0.3, -0.25) is 9.82 Å². The van der Waals surface area contributed by atoms with E-state index in [-0.39, 0.29) is 26.4 Å². The summed E-state index contributed by atoms with van der Waals surface area (Å²) >= 11 is 11.7. The maximum atomic E-state index is 12.3. The molecule has 0 fully saturated rings. The largest absolute Gasteiger partial charge is 0.398 e. The fourth-order valence-corrected chi connectivity index (χ4v) is 3.84. The van der Waals surface area contributed by atoms with Crippen LogP contribution < -0.4 is 10.5 Å². The number of H-pyrrole nitrogens is 1. The number of aromatic nitrogens is 2. The zero-order valence-corrected chi connectivity index (χ0v) is 13.5. The van der Waals surface area contributed by atoms with Gasteiger partial charge in [-0.15, -0.1) is 0 Å². The number of sulfonamides is 1. The van der Waals surface area contributed by atoms with E-state index in [0.717, 1.165) is 18.5 Å². The second-order valence-electron chi connectivity index (χ2n) is 4.44. The van der Waals surface area contributed by atoms with Crippen LogP contribution in [0, 0.1) is 0 Å². The number of anilines is 2. The first kappa shape index (κ1) is 15.9. The maximum absolute atomic E-state index is 12.3. The van der Waals surface area contributed by atoms with Crippen LogP contribution >= 0.6 is 23.2 Å². The molecule has 2 rings (SSSR count). The zero-order chi connectivity index (χ0) is 15.6. The Morgan fingerprint density at radius 3 is 2.67 bits per heavy atom. The summed E-state index contributed by atoms with van der Waals surface area (Å²) in [6.07, 6.45) is 1.70. The molecule has 0 aliphatic carbocycles. The van der Waals surface area contributed by atoms with E-state index in [9.17, 15) is 8.42 Å². The van der Waals surface area contributed by atoms with Crippen molar-refractivity contribution in [2.24, 2.45) is 0 Å². The fraction of sp³-hybridized carbons (Fsp3) is 0.250. The standard InChI is InChI=1S/C12H14Cl2N4O2S/c1-2-3-8-6-11(17-16-8)18-21(19,20)12-9(14)4-7(13)5-10(12)15/h4-6H,2-3,15H2,1H3,(H2,16,17,18). The van der Waals surface area contributed by atoms with Crippen LogP contribution in [0.3, 0.4) is 0 Å². The normalized spacial score (nSPS) is 11.6. The Morgan fingerprint density at radius 1 is 1.33 bits per heavy atom. The van der Waals surface area contributed by atoms with Crippen LogP contribution in [0.15, 0.2) is 23.1 Å². The monoisotopic (exact) mass is 348 g/mol. The number of nitrogens with zero attached hydrogens (tertiary/aromatic N) is 1. The molecule has 1 aromatic carbocycles. The molecule has 0 aliphatic heterocycles. The van der Waals surface area contributed by atoms with E-state index < -0.39 is 10.0 Å².